The molecule has 0 bridgehead atoms. The van der Waals surface area contributed by atoms with Crippen LogP contribution in [0.25, 0.3) is 10.9 Å². The number of aryl methyl sites for hydroxylation is 1. The fraction of sp³-hybridized carbons (Fsp3) is 0.167. The van der Waals surface area contributed by atoms with Crippen molar-refractivity contribution in [3.63, 3.8) is 0 Å². The Hall–Kier alpha value is -2.35. The number of fused-ring (bicyclic) bond motifs is 1. The molecular formula is C12H9FN2O2. The van der Waals surface area contributed by atoms with Crippen molar-refractivity contribution in [2.75, 3.05) is 0 Å². The first-order valence-electron chi connectivity index (χ1n) is 5.04. The summed E-state index contributed by atoms with van der Waals surface area (Å²) in [5.41, 5.74) is 1.16. The number of nitriles is 1. The molecule has 0 aliphatic heterocycles. The van der Waals surface area contributed by atoms with Crippen LogP contribution in [0.1, 0.15) is 17.5 Å². The minimum absolute atomic E-state index is 0.00617. The molecular weight excluding hydrogens is 223 g/mol. The van der Waals surface area contributed by atoms with Crippen molar-refractivity contribution in [3.05, 3.63) is 35.3 Å². The minimum Gasteiger partial charge on any atom is -0.481 e. The summed E-state index contributed by atoms with van der Waals surface area (Å²) in [5, 5.41) is 18.1. The van der Waals surface area contributed by atoms with Crippen LogP contribution >= 0.6 is 0 Å². The predicted octanol–water partition coefficient (Wildman–Crippen LogP) is 2.20. The maximum absolute atomic E-state index is 13.3. The number of carbonyl (C=O) groups is 1. The zero-order valence-electron chi connectivity index (χ0n) is 8.83. The first-order valence-corrected chi connectivity index (χ1v) is 5.04. The second kappa shape index (κ2) is 4.26. The summed E-state index contributed by atoms with van der Waals surface area (Å²) in [6.07, 6.45) is 1.98. The van der Waals surface area contributed by atoms with E-state index >= 15 is 0 Å². The molecule has 1 aromatic heterocycles. The molecule has 0 saturated heterocycles. The lowest BCUT2D eigenvalue weighted by Gasteiger charge is -1.98. The van der Waals surface area contributed by atoms with Crippen LogP contribution in [-0.4, -0.2) is 16.1 Å². The van der Waals surface area contributed by atoms with Gasteiger partial charge in [0.05, 0.1) is 5.52 Å². The number of nitrogens with zero attached hydrogens (tertiary/aromatic N) is 1. The molecule has 2 N–H and O–H groups in total. The van der Waals surface area contributed by atoms with E-state index in [-0.39, 0.29) is 12.0 Å². The van der Waals surface area contributed by atoms with E-state index in [1.807, 2.05) is 0 Å². The Labute approximate surface area is 96.3 Å². The van der Waals surface area contributed by atoms with Gasteiger partial charge in [-0.05, 0) is 24.1 Å². The Kier molecular flexibility index (Phi) is 2.79. The molecule has 0 saturated carbocycles. The van der Waals surface area contributed by atoms with E-state index in [1.165, 1.54) is 6.07 Å². The first-order chi connectivity index (χ1) is 8.13. The van der Waals surface area contributed by atoms with E-state index in [9.17, 15) is 9.18 Å². The Bertz CT molecular complexity index is 625. The van der Waals surface area contributed by atoms with Gasteiger partial charge in [-0.2, -0.15) is 5.26 Å². The molecule has 0 aliphatic rings. The smallest absolute Gasteiger partial charge is 0.303 e. The molecule has 4 nitrogen and oxygen atoms in total. The summed E-state index contributed by atoms with van der Waals surface area (Å²) < 4.78 is 13.3. The number of nitrogens with one attached hydrogen (secondary N) is 1. The molecule has 0 aliphatic carbocycles. The number of hydrogen-bond donors (Lipinski definition) is 2. The van der Waals surface area contributed by atoms with Crippen LogP contribution in [0.4, 0.5) is 4.39 Å². The van der Waals surface area contributed by atoms with Crippen LogP contribution in [0.5, 0.6) is 0 Å². The Morgan fingerprint density at radius 1 is 1.53 bits per heavy atom. The Morgan fingerprint density at radius 3 is 2.94 bits per heavy atom. The van der Waals surface area contributed by atoms with Gasteiger partial charge in [0.25, 0.3) is 0 Å². The number of aromatic amines is 1. The Balaban J connectivity index is 2.48. The van der Waals surface area contributed by atoms with E-state index in [0.717, 1.165) is 5.56 Å². The number of carboxylic acid groups (broad SMARTS) is 1. The van der Waals surface area contributed by atoms with Crippen molar-refractivity contribution in [1.82, 2.24) is 4.98 Å². The van der Waals surface area contributed by atoms with Crippen molar-refractivity contribution in [3.8, 4) is 6.07 Å². The molecule has 17 heavy (non-hydrogen) atoms. The molecule has 86 valence electrons. The summed E-state index contributed by atoms with van der Waals surface area (Å²) >= 11 is 0. The van der Waals surface area contributed by atoms with Crippen molar-refractivity contribution < 1.29 is 14.3 Å². The van der Waals surface area contributed by atoms with Crippen LogP contribution in [0.15, 0.2) is 18.3 Å². The van der Waals surface area contributed by atoms with Crippen molar-refractivity contribution in [2.24, 2.45) is 0 Å². The van der Waals surface area contributed by atoms with Crippen molar-refractivity contribution >= 4 is 16.9 Å². The third-order valence-corrected chi connectivity index (χ3v) is 2.61. The zero-order valence-corrected chi connectivity index (χ0v) is 8.83. The van der Waals surface area contributed by atoms with Crippen LogP contribution in [0, 0.1) is 17.1 Å². The molecule has 0 unspecified atom stereocenters. The molecule has 2 rings (SSSR count). The van der Waals surface area contributed by atoms with Gasteiger partial charge < -0.3 is 10.1 Å². The van der Waals surface area contributed by atoms with E-state index in [1.54, 1.807) is 18.3 Å². The Morgan fingerprint density at radius 2 is 2.29 bits per heavy atom. The van der Waals surface area contributed by atoms with E-state index in [0.29, 0.717) is 17.3 Å². The summed E-state index contributed by atoms with van der Waals surface area (Å²) in [5.74, 6) is -1.46. The largest absolute Gasteiger partial charge is 0.481 e. The number of benzene rings is 1. The molecule has 0 fully saturated rings. The van der Waals surface area contributed by atoms with Gasteiger partial charge in [0.1, 0.15) is 17.4 Å². The fourth-order valence-electron chi connectivity index (χ4n) is 1.79. The third kappa shape index (κ3) is 1.97. The lowest BCUT2D eigenvalue weighted by Crippen LogP contribution is -1.96. The number of aliphatic carboxylic acids is 1. The monoisotopic (exact) mass is 232 g/mol. The third-order valence-electron chi connectivity index (χ3n) is 2.61. The molecule has 2 aromatic rings. The molecule has 1 aromatic carbocycles. The van der Waals surface area contributed by atoms with Gasteiger partial charge in [0.2, 0.25) is 0 Å². The van der Waals surface area contributed by atoms with Gasteiger partial charge in [-0.3, -0.25) is 4.79 Å². The highest BCUT2D eigenvalue weighted by molar-refractivity contribution is 5.88. The van der Waals surface area contributed by atoms with E-state index < -0.39 is 11.8 Å². The highest BCUT2D eigenvalue weighted by Crippen LogP contribution is 2.24. The molecule has 5 heteroatoms. The topological polar surface area (TPSA) is 76.9 Å². The average Bonchev–Trinajstić information content (AvgIpc) is 2.69. The van der Waals surface area contributed by atoms with Gasteiger partial charge in [0.15, 0.2) is 0 Å². The highest BCUT2D eigenvalue weighted by atomic mass is 19.1. The fourth-order valence-corrected chi connectivity index (χ4v) is 1.79. The lowest BCUT2D eigenvalue weighted by molar-refractivity contribution is -0.136. The minimum atomic E-state index is -0.887. The van der Waals surface area contributed by atoms with Crippen molar-refractivity contribution in [1.29, 1.82) is 5.26 Å². The van der Waals surface area contributed by atoms with E-state index in [2.05, 4.69) is 4.98 Å². The standard InChI is InChI=1S/C12H9FN2O2/c13-10-3-2-8-7(1-4-11(16)17)6-15-12(8)9(10)5-14/h2-3,6,15H,1,4H2,(H,16,17). The molecule has 0 radical (unpaired) electrons. The molecule has 0 amide bonds. The number of rotatable bonds is 3. The number of H-pyrrole nitrogens is 1. The highest BCUT2D eigenvalue weighted by Gasteiger charge is 2.12. The first kappa shape index (κ1) is 11.1. The van der Waals surface area contributed by atoms with Gasteiger partial charge in [-0.1, -0.05) is 0 Å². The van der Waals surface area contributed by atoms with Gasteiger partial charge in [-0.25, -0.2) is 4.39 Å². The number of hydrogen-bond acceptors (Lipinski definition) is 2. The van der Waals surface area contributed by atoms with Crippen LogP contribution < -0.4 is 0 Å². The van der Waals surface area contributed by atoms with Gasteiger partial charge in [-0.15, -0.1) is 0 Å². The predicted molar refractivity (Wildman–Crippen MR) is 58.9 cm³/mol. The van der Waals surface area contributed by atoms with Crippen molar-refractivity contribution in [2.45, 2.75) is 12.8 Å². The SMILES string of the molecule is N#Cc1c(F)ccc2c(CCC(=O)O)c[nH]c12. The zero-order chi connectivity index (χ0) is 12.4. The van der Waals surface area contributed by atoms with Crippen LogP contribution in [-0.2, 0) is 11.2 Å². The summed E-state index contributed by atoms with van der Waals surface area (Å²) in [7, 11) is 0. The second-order valence-corrected chi connectivity index (χ2v) is 3.66. The normalized spacial score (nSPS) is 10.4. The van der Waals surface area contributed by atoms with Crippen LogP contribution in [0.2, 0.25) is 0 Å². The molecule has 0 atom stereocenters. The summed E-state index contributed by atoms with van der Waals surface area (Å²) in [6, 6.07) is 4.57. The number of halogens is 1. The number of aromatic nitrogens is 1. The molecule has 0 spiro atoms. The quantitative estimate of drug-likeness (QED) is 0.851. The van der Waals surface area contributed by atoms with Gasteiger partial charge in [0, 0.05) is 18.0 Å². The van der Waals surface area contributed by atoms with Gasteiger partial charge >= 0.3 is 5.97 Å². The lowest BCUT2D eigenvalue weighted by atomic mass is 10.1. The number of carboxylic acids is 1. The second-order valence-electron chi connectivity index (χ2n) is 3.66. The maximum atomic E-state index is 13.3. The maximum Gasteiger partial charge on any atom is 0.303 e. The average molecular weight is 232 g/mol. The summed E-state index contributed by atoms with van der Waals surface area (Å²) in [6.45, 7) is 0. The van der Waals surface area contributed by atoms with E-state index in [4.69, 9.17) is 10.4 Å². The summed E-state index contributed by atoms with van der Waals surface area (Å²) in [4.78, 5) is 13.3. The van der Waals surface area contributed by atoms with Crippen LogP contribution in [0.3, 0.4) is 0 Å². The molecule has 1 heterocycles.